The Hall–Kier alpha value is -2.15. The molecule has 0 fully saturated rings. The fourth-order valence-electron chi connectivity index (χ4n) is 3.10. The van der Waals surface area contributed by atoms with Crippen LogP contribution in [0.5, 0.6) is 0 Å². The number of carbonyl (C=O) groups is 1. The Kier molecular flexibility index (Phi) is 3.97. The lowest BCUT2D eigenvalue weighted by Gasteiger charge is -2.12. The van der Waals surface area contributed by atoms with Crippen molar-refractivity contribution >= 4 is 27.5 Å². The summed E-state index contributed by atoms with van der Waals surface area (Å²) in [6, 6.07) is 0. The van der Waals surface area contributed by atoms with Crippen LogP contribution in [0.1, 0.15) is 30.2 Å². The highest BCUT2D eigenvalue weighted by Crippen LogP contribution is 2.34. The quantitative estimate of drug-likeness (QED) is 0.864. The maximum atomic E-state index is 12.7. The molecule has 0 saturated carbocycles. The summed E-state index contributed by atoms with van der Waals surface area (Å²) >= 11 is 1.49. The van der Waals surface area contributed by atoms with Crippen LogP contribution >= 0.6 is 11.3 Å². The van der Waals surface area contributed by atoms with Crippen LogP contribution in [0.25, 0.3) is 10.2 Å². The maximum absolute atomic E-state index is 12.7. The Bertz CT molecular complexity index is 932. The Morgan fingerprint density at radius 2 is 1.91 bits per heavy atom. The van der Waals surface area contributed by atoms with E-state index in [1.807, 2.05) is 0 Å². The SMILES string of the molecule is C=C(C)Cn1c(=O)n(CC(=O)O)c(=O)c2c3c(sc21)CCCC3. The molecule has 6 nitrogen and oxygen atoms in total. The highest BCUT2D eigenvalue weighted by Gasteiger charge is 2.24. The molecule has 0 bridgehead atoms. The van der Waals surface area contributed by atoms with Crippen molar-refractivity contribution in [2.75, 3.05) is 0 Å². The van der Waals surface area contributed by atoms with Gasteiger partial charge in [-0.25, -0.2) is 9.36 Å². The Morgan fingerprint density at radius 3 is 2.57 bits per heavy atom. The third-order valence-corrected chi connectivity index (χ3v) is 5.35. The van der Waals surface area contributed by atoms with Gasteiger partial charge in [-0.05, 0) is 38.2 Å². The summed E-state index contributed by atoms with van der Waals surface area (Å²) in [7, 11) is 0. The van der Waals surface area contributed by atoms with E-state index in [9.17, 15) is 14.4 Å². The van der Waals surface area contributed by atoms with Gasteiger partial charge >= 0.3 is 11.7 Å². The van der Waals surface area contributed by atoms with Crippen molar-refractivity contribution in [2.45, 2.75) is 45.7 Å². The zero-order valence-corrected chi connectivity index (χ0v) is 13.7. The minimum absolute atomic E-state index is 0.286. The van der Waals surface area contributed by atoms with Gasteiger partial charge in [0.25, 0.3) is 5.56 Å². The fourth-order valence-corrected chi connectivity index (χ4v) is 4.47. The predicted molar refractivity (Wildman–Crippen MR) is 89.4 cm³/mol. The molecule has 0 atom stereocenters. The summed E-state index contributed by atoms with van der Waals surface area (Å²) in [5, 5.41) is 9.55. The number of carboxylic acid groups (broad SMARTS) is 1. The summed E-state index contributed by atoms with van der Waals surface area (Å²) in [5.41, 5.74) is 0.715. The smallest absolute Gasteiger partial charge is 0.332 e. The van der Waals surface area contributed by atoms with E-state index >= 15 is 0 Å². The molecule has 2 heterocycles. The second kappa shape index (κ2) is 5.81. The highest BCUT2D eigenvalue weighted by atomic mass is 32.1. The summed E-state index contributed by atoms with van der Waals surface area (Å²) in [6.07, 6.45) is 3.81. The van der Waals surface area contributed by atoms with Crippen LogP contribution in [0.3, 0.4) is 0 Å². The number of rotatable bonds is 4. The monoisotopic (exact) mass is 334 g/mol. The van der Waals surface area contributed by atoms with Crippen LogP contribution in [0.15, 0.2) is 21.7 Å². The van der Waals surface area contributed by atoms with E-state index < -0.39 is 23.8 Å². The topological polar surface area (TPSA) is 81.3 Å². The van der Waals surface area contributed by atoms with Crippen molar-refractivity contribution in [2.24, 2.45) is 0 Å². The van der Waals surface area contributed by atoms with Gasteiger partial charge in [0.1, 0.15) is 11.4 Å². The summed E-state index contributed by atoms with van der Waals surface area (Å²) in [5.74, 6) is -1.20. The van der Waals surface area contributed by atoms with E-state index in [1.165, 1.54) is 15.9 Å². The van der Waals surface area contributed by atoms with Gasteiger partial charge in [0.2, 0.25) is 0 Å². The molecular formula is C16H18N2O4S. The first-order chi connectivity index (χ1) is 10.9. The summed E-state index contributed by atoms with van der Waals surface area (Å²) in [6.45, 7) is 5.31. The second-order valence-electron chi connectivity index (χ2n) is 6.00. The van der Waals surface area contributed by atoms with Crippen molar-refractivity contribution in [3.63, 3.8) is 0 Å². The number of aryl methyl sites for hydroxylation is 2. The zero-order valence-electron chi connectivity index (χ0n) is 12.9. The number of nitrogens with zero attached hydrogens (tertiary/aromatic N) is 2. The van der Waals surface area contributed by atoms with Gasteiger partial charge in [-0.3, -0.25) is 14.2 Å². The van der Waals surface area contributed by atoms with Crippen molar-refractivity contribution in [3.8, 4) is 0 Å². The first kappa shape index (κ1) is 15.7. The molecule has 0 amide bonds. The molecule has 0 aliphatic heterocycles. The first-order valence-electron chi connectivity index (χ1n) is 7.54. The summed E-state index contributed by atoms with van der Waals surface area (Å²) in [4.78, 5) is 38.2. The molecule has 0 aromatic carbocycles. The average molecular weight is 334 g/mol. The maximum Gasteiger partial charge on any atom is 0.332 e. The lowest BCUT2D eigenvalue weighted by molar-refractivity contribution is -0.137. The molecule has 0 unspecified atom stereocenters. The molecule has 3 rings (SSSR count). The molecule has 2 aromatic heterocycles. The minimum Gasteiger partial charge on any atom is -0.480 e. The molecule has 1 N–H and O–H groups in total. The van der Waals surface area contributed by atoms with Crippen molar-refractivity contribution in [1.82, 2.24) is 9.13 Å². The molecule has 1 aliphatic rings. The predicted octanol–water partition coefficient (Wildman–Crippen LogP) is 1.76. The molecule has 1 aliphatic carbocycles. The number of aliphatic carboxylic acids is 1. The number of hydrogen-bond acceptors (Lipinski definition) is 4. The third-order valence-electron chi connectivity index (χ3n) is 4.04. The Labute approximate surface area is 136 Å². The van der Waals surface area contributed by atoms with Crippen LogP contribution in [-0.2, 0) is 30.7 Å². The summed E-state index contributed by atoms with van der Waals surface area (Å²) < 4.78 is 2.32. The van der Waals surface area contributed by atoms with Crippen molar-refractivity contribution in [3.05, 3.63) is 43.4 Å². The van der Waals surface area contributed by atoms with Gasteiger partial charge in [0.05, 0.1) is 5.39 Å². The van der Waals surface area contributed by atoms with E-state index in [1.54, 1.807) is 6.92 Å². The molecule has 7 heteroatoms. The normalized spacial score (nSPS) is 14.0. The third kappa shape index (κ3) is 2.65. The zero-order chi connectivity index (χ0) is 16.7. The number of fused-ring (bicyclic) bond motifs is 3. The molecule has 23 heavy (non-hydrogen) atoms. The van der Waals surface area contributed by atoms with Crippen LogP contribution in [-0.4, -0.2) is 20.2 Å². The number of aromatic nitrogens is 2. The van der Waals surface area contributed by atoms with Gasteiger partial charge in [-0.1, -0.05) is 12.2 Å². The lowest BCUT2D eigenvalue weighted by atomic mass is 9.97. The van der Waals surface area contributed by atoms with Gasteiger partial charge in [0, 0.05) is 11.4 Å². The van der Waals surface area contributed by atoms with Crippen molar-refractivity contribution in [1.29, 1.82) is 0 Å². The number of allylic oxidation sites excluding steroid dienone is 1. The Balaban J connectivity index is 2.40. The number of hydrogen-bond donors (Lipinski definition) is 1. The standard InChI is InChI=1S/C16H18N2O4S/c1-9(2)7-18-15-13(10-5-3-4-6-11(10)23-15)14(21)17(16(18)22)8-12(19)20/h1,3-8H2,2H3,(H,19,20). The fraction of sp³-hybridized carbons (Fsp3) is 0.438. The average Bonchev–Trinajstić information content (AvgIpc) is 2.87. The molecule has 0 spiro atoms. The van der Waals surface area contributed by atoms with E-state index in [0.29, 0.717) is 10.2 Å². The van der Waals surface area contributed by atoms with Gasteiger partial charge in [0.15, 0.2) is 0 Å². The van der Waals surface area contributed by atoms with E-state index in [4.69, 9.17) is 5.11 Å². The van der Waals surface area contributed by atoms with Crippen LogP contribution in [0.2, 0.25) is 0 Å². The molecule has 0 radical (unpaired) electrons. The first-order valence-corrected chi connectivity index (χ1v) is 8.36. The molecule has 2 aromatic rings. The van der Waals surface area contributed by atoms with Crippen molar-refractivity contribution < 1.29 is 9.90 Å². The lowest BCUT2D eigenvalue weighted by Crippen LogP contribution is -2.41. The van der Waals surface area contributed by atoms with E-state index in [0.717, 1.165) is 46.3 Å². The largest absolute Gasteiger partial charge is 0.480 e. The second-order valence-corrected chi connectivity index (χ2v) is 7.09. The van der Waals surface area contributed by atoms with Gasteiger partial charge < -0.3 is 5.11 Å². The highest BCUT2D eigenvalue weighted by molar-refractivity contribution is 7.18. The van der Waals surface area contributed by atoms with Crippen LogP contribution < -0.4 is 11.2 Å². The van der Waals surface area contributed by atoms with Gasteiger partial charge in [-0.2, -0.15) is 0 Å². The van der Waals surface area contributed by atoms with Crippen LogP contribution in [0.4, 0.5) is 0 Å². The molecular weight excluding hydrogens is 316 g/mol. The molecule has 0 saturated heterocycles. The number of carboxylic acids is 1. The van der Waals surface area contributed by atoms with Crippen LogP contribution in [0, 0.1) is 0 Å². The number of thiophene rings is 1. The Morgan fingerprint density at radius 1 is 1.22 bits per heavy atom. The van der Waals surface area contributed by atoms with E-state index in [2.05, 4.69) is 6.58 Å². The van der Waals surface area contributed by atoms with Gasteiger partial charge in [-0.15, -0.1) is 11.3 Å². The molecule has 122 valence electrons. The minimum atomic E-state index is -1.20. The van der Waals surface area contributed by atoms with E-state index in [-0.39, 0.29) is 6.54 Å².